The summed E-state index contributed by atoms with van der Waals surface area (Å²) in [5, 5.41) is 5.04. The quantitative estimate of drug-likeness (QED) is 0.500. The Balaban J connectivity index is 0.000000855. The maximum Gasteiger partial charge on any atom is 0.412 e. The molecule has 0 saturated heterocycles. The highest BCUT2D eigenvalue weighted by atomic mass is 32.1. The van der Waals surface area contributed by atoms with Crippen molar-refractivity contribution in [1.82, 2.24) is 4.98 Å². The molecule has 3 rings (SSSR count). The minimum atomic E-state index is -0.536. The van der Waals surface area contributed by atoms with Crippen LogP contribution in [-0.2, 0) is 4.74 Å². The maximum atomic E-state index is 12.1. The van der Waals surface area contributed by atoms with E-state index in [4.69, 9.17) is 4.74 Å². The van der Waals surface area contributed by atoms with Crippen molar-refractivity contribution >= 4 is 33.9 Å². The SMILES string of the molecule is CC.CC.CC(C)(C)OC(=O)Nc1cc2ccccc2cc1-c1cncs1. The molecule has 0 spiro atoms. The molecule has 1 amide bonds. The summed E-state index contributed by atoms with van der Waals surface area (Å²) >= 11 is 1.54. The van der Waals surface area contributed by atoms with Crippen molar-refractivity contribution in [2.24, 2.45) is 0 Å². The molecule has 2 aromatic carbocycles. The highest BCUT2D eigenvalue weighted by molar-refractivity contribution is 7.13. The zero-order chi connectivity index (χ0) is 20.4. The topological polar surface area (TPSA) is 51.2 Å². The molecule has 3 aromatic rings. The summed E-state index contributed by atoms with van der Waals surface area (Å²) in [6.45, 7) is 13.5. The fourth-order valence-electron chi connectivity index (χ4n) is 2.31. The lowest BCUT2D eigenvalue weighted by Crippen LogP contribution is -2.27. The number of carbonyl (C=O) groups is 1. The molecule has 0 fully saturated rings. The van der Waals surface area contributed by atoms with E-state index in [1.54, 1.807) is 11.7 Å². The van der Waals surface area contributed by atoms with Crippen LogP contribution < -0.4 is 5.32 Å². The van der Waals surface area contributed by atoms with Crippen LogP contribution in [0.2, 0.25) is 0 Å². The largest absolute Gasteiger partial charge is 0.444 e. The number of nitrogens with one attached hydrogen (secondary N) is 1. The molecule has 4 nitrogen and oxygen atoms in total. The van der Waals surface area contributed by atoms with Crippen molar-refractivity contribution in [3.63, 3.8) is 0 Å². The van der Waals surface area contributed by atoms with Crippen LogP contribution in [0.1, 0.15) is 48.5 Å². The first kappa shape index (κ1) is 22.6. The van der Waals surface area contributed by atoms with Gasteiger partial charge in [0.15, 0.2) is 0 Å². The monoisotopic (exact) mass is 386 g/mol. The number of amides is 1. The number of aromatic nitrogens is 1. The molecule has 1 N–H and O–H groups in total. The predicted octanol–water partition coefficient (Wildman–Crippen LogP) is 7.36. The first-order chi connectivity index (χ1) is 12.9. The number of hydrogen-bond donors (Lipinski definition) is 1. The predicted molar refractivity (Wildman–Crippen MR) is 118 cm³/mol. The fraction of sp³-hybridized carbons (Fsp3) is 0.364. The molecule has 0 unspecified atom stereocenters. The molecule has 27 heavy (non-hydrogen) atoms. The molecule has 0 aliphatic rings. The highest BCUT2D eigenvalue weighted by Crippen LogP contribution is 2.34. The standard InChI is InChI=1S/C18H18N2O2S.2C2H6/c1-18(2,3)22-17(21)20-15-9-13-7-5-4-6-12(13)8-14(15)16-10-19-11-23-16;2*1-2/h4-11H,1-3H3,(H,20,21);2*1-2H3. The number of nitrogens with zero attached hydrogens (tertiary/aromatic N) is 1. The lowest BCUT2D eigenvalue weighted by Gasteiger charge is -2.20. The van der Waals surface area contributed by atoms with E-state index >= 15 is 0 Å². The van der Waals surface area contributed by atoms with Crippen LogP contribution in [0.25, 0.3) is 21.2 Å². The second kappa shape index (κ2) is 10.7. The smallest absolute Gasteiger partial charge is 0.412 e. The zero-order valence-corrected chi connectivity index (χ0v) is 18.1. The third-order valence-electron chi connectivity index (χ3n) is 3.22. The Morgan fingerprint density at radius 1 is 1.04 bits per heavy atom. The lowest BCUT2D eigenvalue weighted by atomic mass is 10.0. The number of fused-ring (bicyclic) bond motifs is 1. The Bertz CT molecular complexity index is 837. The second-order valence-electron chi connectivity index (χ2n) is 6.24. The number of thiazole rings is 1. The van der Waals surface area contributed by atoms with Crippen LogP contribution in [0.4, 0.5) is 10.5 Å². The van der Waals surface area contributed by atoms with Crippen molar-refractivity contribution in [1.29, 1.82) is 0 Å². The van der Waals surface area contributed by atoms with Crippen molar-refractivity contribution in [2.45, 2.75) is 54.1 Å². The number of carbonyl (C=O) groups excluding carboxylic acids is 1. The van der Waals surface area contributed by atoms with Crippen LogP contribution in [0.3, 0.4) is 0 Å². The average molecular weight is 387 g/mol. The summed E-state index contributed by atoms with van der Waals surface area (Å²) in [6.07, 6.45) is 1.34. The molecular weight excluding hydrogens is 356 g/mol. The van der Waals surface area contributed by atoms with Gasteiger partial charge in [-0.2, -0.15) is 0 Å². The molecule has 5 heteroatoms. The van der Waals surface area contributed by atoms with Crippen molar-refractivity contribution < 1.29 is 9.53 Å². The minimum absolute atomic E-state index is 0.460. The number of benzene rings is 2. The molecule has 0 aliphatic heterocycles. The van der Waals surface area contributed by atoms with Gasteiger partial charge in [0.05, 0.1) is 16.1 Å². The Morgan fingerprint density at radius 3 is 2.15 bits per heavy atom. The Morgan fingerprint density at radius 2 is 1.63 bits per heavy atom. The third kappa shape index (κ3) is 6.68. The van der Waals surface area contributed by atoms with Crippen LogP contribution in [0, 0.1) is 0 Å². The first-order valence-corrected chi connectivity index (χ1v) is 10.2. The van der Waals surface area contributed by atoms with Gasteiger partial charge in [0.2, 0.25) is 0 Å². The van der Waals surface area contributed by atoms with Crippen molar-refractivity contribution in [2.75, 3.05) is 5.32 Å². The van der Waals surface area contributed by atoms with Gasteiger partial charge in [0, 0.05) is 11.8 Å². The van der Waals surface area contributed by atoms with Gasteiger partial charge in [-0.3, -0.25) is 10.3 Å². The Kier molecular flexibility index (Phi) is 8.95. The summed E-state index contributed by atoms with van der Waals surface area (Å²) in [5.41, 5.74) is 2.91. The van der Waals surface area contributed by atoms with E-state index in [1.807, 2.05) is 72.7 Å². The van der Waals surface area contributed by atoms with E-state index < -0.39 is 11.7 Å². The van der Waals surface area contributed by atoms with E-state index in [9.17, 15) is 4.79 Å². The fourth-order valence-corrected chi connectivity index (χ4v) is 2.96. The van der Waals surface area contributed by atoms with Gasteiger partial charge in [0.25, 0.3) is 0 Å². The Labute approximate surface area is 166 Å². The molecule has 0 aliphatic carbocycles. The minimum Gasteiger partial charge on any atom is -0.444 e. The molecule has 0 saturated carbocycles. The Hall–Kier alpha value is -2.40. The first-order valence-electron chi connectivity index (χ1n) is 9.34. The molecule has 0 atom stereocenters. The van der Waals surface area contributed by atoms with Gasteiger partial charge in [-0.1, -0.05) is 52.0 Å². The van der Waals surface area contributed by atoms with Crippen LogP contribution in [0.15, 0.2) is 48.1 Å². The normalized spacial score (nSPS) is 10.2. The van der Waals surface area contributed by atoms with Gasteiger partial charge in [-0.05, 0) is 43.7 Å². The number of rotatable bonds is 2. The molecule has 146 valence electrons. The molecule has 0 bridgehead atoms. The lowest BCUT2D eigenvalue weighted by molar-refractivity contribution is 0.0636. The van der Waals surface area contributed by atoms with Gasteiger partial charge in [0.1, 0.15) is 5.60 Å². The molecule has 1 aromatic heterocycles. The summed E-state index contributed by atoms with van der Waals surface area (Å²) in [5.74, 6) is 0. The van der Waals surface area contributed by atoms with Crippen LogP contribution in [0.5, 0.6) is 0 Å². The summed E-state index contributed by atoms with van der Waals surface area (Å²) in [4.78, 5) is 17.3. The van der Waals surface area contributed by atoms with E-state index in [-0.39, 0.29) is 0 Å². The van der Waals surface area contributed by atoms with Gasteiger partial charge < -0.3 is 4.74 Å². The van der Waals surface area contributed by atoms with E-state index in [0.29, 0.717) is 0 Å². The van der Waals surface area contributed by atoms with Gasteiger partial charge >= 0.3 is 6.09 Å². The van der Waals surface area contributed by atoms with Crippen LogP contribution >= 0.6 is 11.3 Å². The second-order valence-corrected chi connectivity index (χ2v) is 7.12. The molecular formula is C22H30N2O2S. The summed E-state index contributed by atoms with van der Waals surface area (Å²) in [6, 6.07) is 12.1. The van der Waals surface area contributed by atoms with Gasteiger partial charge in [-0.15, -0.1) is 11.3 Å². The van der Waals surface area contributed by atoms with E-state index in [2.05, 4.69) is 22.4 Å². The summed E-state index contributed by atoms with van der Waals surface area (Å²) in [7, 11) is 0. The van der Waals surface area contributed by atoms with Gasteiger partial charge in [-0.25, -0.2) is 4.79 Å². The van der Waals surface area contributed by atoms with Crippen molar-refractivity contribution in [3.8, 4) is 10.4 Å². The summed E-state index contributed by atoms with van der Waals surface area (Å²) < 4.78 is 5.36. The van der Waals surface area contributed by atoms with E-state index in [1.165, 1.54) is 11.3 Å². The van der Waals surface area contributed by atoms with Crippen molar-refractivity contribution in [3.05, 3.63) is 48.1 Å². The molecule has 1 heterocycles. The third-order valence-corrected chi connectivity index (χ3v) is 4.03. The van der Waals surface area contributed by atoms with Crippen LogP contribution in [-0.4, -0.2) is 16.7 Å². The highest BCUT2D eigenvalue weighted by Gasteiger charge is 2.18. The zero-order valence-electron chi connectivity index (χ0n) is 17.3. The number of ether oxygens (including phenoxy) is 1. The average Bonchev–Trinajstić information content (AvgIpc) is 3.17. The molecule has 0 radical (unpaired) electrons. The maximum absolute atomic E-state index is 12.1. The number of anilines is 1. The van der Waals surface area contributed by atoms with E-state index in [0.717, 1.165) is 26.9 Å². The number of hydrogen-bond acceptors (Lipinski definition) is 4.